The Morgan fingerprint density at radius 3 is 3.00 bits per heavy atom. The summed E-state index contributed by atoms with van der Waals surface area (Å²) in [6, 6.07) is 8.27. The van der Waals surface area contributed by atoms with E-state index in [0.29, 0.717) is 4.88 Å². The maximum absolute atomic E-state index is 11.3. The quantitative estimate of drug-likeness (QED) is 0.783. The van der Waals surface area contributed by atoms with E-state index < -0.39 is 0 Å². The molecule has 0 radical (unpaired) electrons. The molecule has 0 aliphatic heterocycles. The number of rotatable bonds is 3. The van der Waals surface area contributed by atoms with Crippen molar-refractivity contribution >= 4 is 17.3 Å². The van der Waals surface area contributed by atoms with Crippen LogP contribution in [0.2, 0.25) is 0 Å². The first-order valence-corrected chi connectivity index (χ1v) is 6.09. The lowest BCUT2D eigenvalue weighted by molar-refractivity contribution is 0.0606. The summed E-state index contributed by atoms with van der Waals surface area (Å²) in [5.74, 6) is -0.321. The number of hydrogen-bond donors (Lipinski definition) is 0. The van der Waals surface area contributed by atoms with Crippen molar-refractivity contribution in [3.8, 4) is 0 Å². The summed E-state index contributed by atoms with van der Waals surface area (Å²) >= 11 is 1.38. The van der Waals surface area contributed by atoms with Crippen LogP contribution in [0.1, 0.15) is 25.8 Å². The number of nitrogens with zero attached hydrogens (tertiary/aromatic N) is 1. The molecule has 0 fully saturated rings. The Morgan fingerprint density at radius 1 is 1.47 bits per heavy atom. The number of benzene rings is 1. The monoisotopic (exact) mass is 247 g/mol. The molecule has 0 aliphatic carbocycles. The molecule has 0 N–H and O–H groups in total. The van der Waals surface area contributed by atoms with Gasteiger partial charge in [0.2, 0.25) is 0 Å². The van der Waals surface area contributed by atoms with Crippen LogP contribution in [0.25, 0.3) is 0 Å². The van der Waals surface area contributed by atoms with Gasteiger partial charge in [0.25, 0.3) is 0 Å². The van der Waals surface area contributed by atoms with Crippen molar-refractivity contribution in [3.05, 3.63) is 51.5 Å². The normalized spacial score (nSPS) is 10.2. The van der Waals surface area contributed by atoms with Gasteiger partial charge in [-0.1, -0.05) is 29.8 Å². The Bertz CT molecular complexity index is 534. The second-order valence-electron chi connectivity index (χ2n) is 3.78. The lowest BCUT2D eigenvalue weighted by Crippen LogP contribution is -1.96. The molecular weight excluding hydrogens is 234 g/mol. The summed E-state index contributed by atoms with van der Waals surface area (Å²) < 4.78 is 4.65. The zero-order valence-corrected chi connectivity index (χ0v) is 10.6. The van der Waals surface area contributed by atoms with Crippen molar-refractivity contribution < 1.29 is 9.53 Å². The van der Waals surface area contributed by atoms with Crippen molar-refractivity contribution in [1.82, 2.24) is 4.98 Å². The van der Waals surface area contributed by atoms with Crippen LogP contribution in [0.5, 0.6) is 0 Å². The Morgan fingerprint density at radius 2 is 2.29 bits per heavy atom. The number of methoxy groups -OCH3 is 1. The highest BCUT2D eigenvalue weighted by atomic mass is 32.1. The number of aromatic nitrogens is 1. The molecule has 0 bridgehead atoms. The van der Waals surface area contributed by atoms with Gasteiger partial charge in [0.1, 0.15) is 4.88 Å². The SMILES string of the molecule is COC(=O)c1cnc(Cc2cccc(C)c2)s1. The molecular formula is C13H13NO2S. The van der Waals surface area contributed by atoms with Gasteiger partial charge in [-0.3, -0.25) is 0 Å². The Balaban J connectivity index is 2.14. The lowest BCUT2D eigenvalue weighted by atomic mass is 10.1. The fourth-order valence-corrected chi connectivity index (χ4v) is 2.45. The van der Waals surface area contributed by atoms with Gasteiger partial charge < -0.3 is 4.74 Å². The van der Waals surface area contributed by atoms with Gasteiger partial charge in [-0.2, -0.15) is 0 Å². The van der Waals surface area contributed by atoms with E-state index in [0.717, 1.165) is 11.4 Å². The fraction of sp³-hybridized carbons (Fsp3) is 0.231. The van der Waals surface area contributed by atoms with Crippen LogP contribution in [-0.2, 0) is 11.2 Å². The maximum Gasteiger partial charge on any atom is 0.349 e. The van der Waals surface area contributed by atoms with E-state index in [1.807, 2.05) is 6.07 Å². The molecule has 0 saturated heterocycles. The minimum Gasteiger partial charge on any atom is -0.465 e. The highest BCUT2D eigenvalue weighted by molar-refractivity contribution is 7.13. The summed E-state index contributed by atoms with van der Waals surface area (Å²) in [7, 11) is 1.38. The smallest absolute Gasteiger partial charge is 0.349 e. The van der Waals surface area contributed by atoms with Crippen LogP contribution in [0.15, 0.2) is 30.5 Å². The van der Waals surface area contributed by atoms with Gasteiger partial charge in [-0.25, -0.2) is 9.78 Å². The van der Waals surface area contributed by atoms with Crippen LogP contribution < -0.4 is 0 Å². The van der Waals surface area contributed by atoms with E-state index in [1.54, 1.807) is 6.20 Å². The second-order valence-corrected chi connectivity index (χ2v) is 4.89. The Labute approximate surface area is 104 Å². The molecule has 0 unspecified atom stereocenters. The number of carbonyl (C=O) groups is 1. The highest BCUT2D eigenvalue weighted by Gasteiger charge is 2.10. The zero-order valence-electron chi connectivity index (χ0n) is 9.77. The molecule has 1 aromatic heterocycles. The summed E-state index contributed by atoms with van der Waals surface area (Å²) in [6.07, 6.45) is 2.32. The molecule has 17 heavy (non-hydrogen) atoms. The number of ether oxygens (including phenoxy) is 1. The first-order valence-electron chi connectivity index (χ1n) is 5.27. The Kier molecular flexibility index (Phi) is 3.54. The average Bonchev–Trinajstić information content (AvgIpc) is 2.76. The average molecular weight is 247 g/mol. The van der Waals surface area contributed by atoms with Gasteiger partial charge in [0.05, 0.1) is 18.3 Å². The molecule has 0 atom stereocenters. The molecule has 1 aromatic carbocycles. The van der Waals surface area contributed by atoms with Gasteiger partial charge in [0.15, 0.2) is 0 Å². The van der Waals surface area contributed by atoms with E-state index >= 15 is 0 Å². The third kappa shape index (κ3) is 2.91. The molecule has 1 heterocycles. The molecule has 0 spiro atoms. The molecule has 0 aliphatic rings. The van der Waals surface area contributed by atoms with Crippen molar-refractivity contribution in [3.63, 3.8) is 0 Å². The molecule has 3 nitrogen and oxygen atoms in total. The number of esters is 1. The third-order valence-electron chi connectivity index (χ3n) is 2.38. The largest absolute Gasteiger partial charge is 0.465 e. The summed E-state index contributed by atoms with van der Waals surface area (Å²) in [4.78, 5) is 16.1. The number of thiazole rings is 1. The third-order valence-corrected chi connectivity index (χ3v) is 3.36. The van der Waals surface area contributed by atoms with Gasteiger partial charge in [-0.15, -0.1) is 11.3 Å². The first-order chi connectivity index (χ1) is 8.19. The molecule has 4 heteroatoms. The topological polar surface area (TPSA) is 39.2 Å². The zero-order chi connectivity index (χ0) is 12.3. The van der Waals surface area contributed by atoms with Crippen molar-refractivity contribution in [2.75, 3.05) is 7.11 Å². The molecule has 0 amide bonds. The predicted molar refractivity (Wildman–Crippen MR) is 67.4 cm³/mol. The van der Waals surface area contributed by atoms with Gasteiger partial charge in [-0.05, 0) is 12.5 Å². The van der Waals surface area contributed by atoms with E-state index in [-0.39, 0.29) is 5.97 Å². The summed E-state index contributed by atoms with van der Waals surface area (Å²) in [6.45, 7) is 2.06. The summed E-state index contributed by atoms with van der Waals surface area (Å²) in [5.41, 5.74) is 2.43. The Hall–Kier alpha value is -1.68. The van der Waals surface area contributed by atoms with E-state index in [4.69, 9.17) is 0 Å². The van der Waals surface area contributed by atoms with E-state index in [2.05, 4.69) is 34.8 Å². The number of carbonyl (C=O) groups excluding carboxylic acids is 1. The highest BCUT2D eigenvalue weighted by Crippen LogP contribution is 2.18. The predicted octanol–water partition coefficient (Wildman–Crippen LogP) is 2.83. The van der Waals surface area contributed by atoms with E-state index in [9.17, 15) is 4.79 Å². The molecule has 2 aromatic rings. The molecule has 0 saturated carbocycles. The number of aryl methyl sites for hydroxylation is 1. The van der Waals surface area contributed by atoms with Crippen LogP contribution in [0.3, 0.4) is 0 Å². The van der Waals surface area contributed by atoms with Crippen molar-refractivity contribution in [2.45, 2.75) is 13.3 Å². The van der Waals surface area contributed by atoms with E-state index in [1.165, 1.54) is 29.6 Å². The molecule has 2 rings (SSSR count). The van der Waals surface area contributed by atoms with Crippen LogP contribution >= 0.6 is 11.3 Å². The minimum absolute atomic E-state index is 0.321. The van der Waals surface area contributed by atoms with Crippen molar-refractivity contribution in [1.29, 1.82) is 0 Å². The van der Waals surface area contributed by atoms with Crippen LogP contribution in [-0.4, -0.2) is 18.1 Å². The van der Waals surface area contributed by atoms with Gasteiger partial charge >= 0.3 is 5.97 Å². The van der Waals surface area contributed by atoms with Crippen LogP contribution in [0.4, 0.5) is 0 Å². The fourth-order valence-electron chi connectivity index (χ4n) is 1.58. The maximum atomic E-state index is 11.3. The molecule has 88 valence electrons. The van der Waals surface area contributed by atoms with Crippen molar-refractivity contribution in [2.24, 2.45) is 0 Å². The minimum atomic E-state index is -0.321. The second kappa shape index (κ2) is 5.10. The lowest BCUT2D eigenvalue weighted by Gasteiger charge is -1.99. The van der Waals surface area contributed by atoms with Crippen LogP contribution in [0, 0.1) is 6.92 Å². The standard InChI is InChI=1S/C13H13NO2S/c1-9-4-3-5-10(6-9)7-12-14-8-11(17-12)13(15)16-2/h3-6,8H,7H2,1-2H3. The van der Waals surface area contributed by atoms with Gasteiger partial charge in [0, 0.05) is 6.42 Å². The number of hydrogen-bond acceptors (Lipinski definition) is 4. The summed E-state index contributed by atoms with van der Waals surface area (Å²) in [5, 5.41) is 0.927. The first kappa shape index (κ1) is 11.8.